The molecule has 0 aliphatic carbocycles. The second-order valence-corrected chi connectivity index (χ2v) is 11.3. The molecule has 0 spiro atoms. The van der Waals surface area contributed by atoms with Crippen molar-refractivity contribution in [1.29, 1.82) is 0 Å². The fourth-order valence-electron chi connectivity index (χ4n) is 5.02. The molecule has 0 amide bonds. The van der Waals surface area contributed by atoms with Gasteiger partial charge in [0.1, 0.15) is 0 Å². The van der Waals surface area contributed by atoms with Crippen LogP contribution < -0.4 is 0 Å². The maximum atomic E-state index is 2.36. The lowest BCUT2D eigenvalue weighted by atomic mass is 10.0. The van der Waals surface area contributed by atoms with E-state index in [1.54, 1.807) is 0 Å². The van der Waals surface area contributed by atoms with Crippen LogP contribution >= 0.6 is 11.8 Å². The normalized spacial score (nSPS) is 19.4. The van der Waals surface area contributed by atoms with E-state index in [0.717, 1.165) is 11.5 Å². The van der Waals surface area contributed by atoms with E-state index in [1.165, 1.54) is 138 Å². The third-order valence-corrected chi connectivity index (χ3v) is 8.34. The second kappa shape index (κ2) is 17.3. The number of fused-ring (bicyclic) bond motifs is 2. The summed E-state index contributed by atoms with van der Waals surface area (Å²) in [6, 6.07) is 18.9. The first kappa shape index (κ1) is 26.4. The van der Waals surface area contributed by atoms with E-state index < -0.39 is 0 Å². The van der Waals surface area contributed by atoms with E-state index in [9.17, 15) is 0 Å². The van der Waals surface area contributed by atoms with Crippen LogP contribution in [0.3, 0.4) is 0 Å². The number of thioether (sulfide) groups is 1. The maximum absolute atomic E-state index is 2.36. The average molecular weight is 465 g/mol. The Labute approximate surface area is 209 Å². The van der Waals surface area contributed by atoms with Gasteiger partial charge >= 0.3 is 0 Å². The molecule has 1 heteroatoms. The van der Waals surface area contributed by atoms with Gasteiger partial charge in [-0.05, 0) is 47.9 Å². The number of rotatable bonds is 0. The topological polar surface area (TPSA) is 0 Å². The molecule has 0 fully saturated rings. The van der Waals surface area contributed by atoms with Gasteiger partial charge in [-0.2, -0.15) is 11.8 Å². The molecule has 0 nitrogen and oxygen atoms in total. The predicted octanol–water partition coefficient (Wildman–Crippen LogP) is 10.5. The Morgan fingerprint density at radius 1 is 0.303 bits per heavy atom. The summed E-state index contributed by atoms with van der Waals surface area (Å²) < 4.78 is 0. The zero-order chi connectivity index (χ0) is 22.8. The standard InChI is InChI=1S/C32H48S/c1-2-4-6-8-10-12-14-16-18-30-21-25-32(26-22-30)28-33-27-31-23-19-29(20-24-31)17-15-13-11-9-7-5-3-1/h19-26H,1-18,27-28H2. The molecule has 0 radical (unpaired) electrons. The van der Waals surface area contributed by atoms with Gasteiger partial charge in [-0.15, -0.1) is 0 Å². The SMILES string of the molecule is c1cc2ccc1CCCCCCCCCCCCCCCCCCc1ccc(cc1)CSC2. The van der Waals surface area contributed by atoms with Crippen LogP contribution in [0.2, 0.25) is 0 Å². The largest absolute Gasteiger partial charge is 0.152 e. The molecular weight excluding hydrogens is 416 g/mol. The van der Waals surface area contributed by atoms with Crippen molar-refractivity contribution in [3.63, 3.8) is 0 Å². The van der Waals surface area contributed by atoms with Gasteiger partial charge in [0.2, 0.25) is 0 Å². The van der Waals surface area contributed by atoms with Crippen LogP contribution in [0, 0.1) is 0 Å². The monoisotopic (exact) mass is 464 g/mol. The van der Waals surface area contributed by atoms with Crippen molar-refractivity contribution in [2.45, 2.75) is 127 Å². The van der Waals surface area contributed by atoms with Crippen LogP contribution in [0.5, 0.6) is 0 Å². The highest BCUT2D eigenvalue weighted by molar-refractivity contribution is 7.97. The number of aryl methyl sites for hydroxylation is 2. The van der Waals surface area contributed by atoms with Gasteiger partial charge in [0.15, 0.2) is 0 Å². The van der Waals surface area contributed by atoms with E-state index in [-0.39, 0.29) is 0 Å². The molecule has 5 rings (SSSR count). The molecule has 2 aromatic rings. The van der Waals surface area contributed by atoms with E-state index in [1.807, 2.05) is 11.8 Å². The highest BCUT2D eigenvalue weighted by Crippen LogP contribution is 2.20. The van der Waals surface area contributed by atoms with Crippen LogP contribution in [-0.4, -0.2) is 0 Å². The second-order valence-electron chi connectivity index (χ2n) is 10.3. The lowest BCUT2D eigenvalue weighted by Crippen LogP contribution is -1.89. The Morgan fingerprint density at radius 3 is 0.848 bits per heavy atom. The summed E-state index contributed by atoms with van der Waals surface area (Å²) in [6.07, 6.45) is 25.4. The zero-order valence-corrected chi connectivity index (χ0v) is 22.0. The van der Waals surface area contributed by atoms with Gasteiger partial charge in [0.05, 0.1) is 0 Å². The van der Waals surface area contributed by atoms with Crippen molar-refractivity contribution < 1.29 is 0 Å². The molecule has 3 heterocycles. The summed E-state index contributed by atoms with van der Waals surface area (Å²) in [5, 5.41) is 0. The first-order valence-electron chi connectivity index (χ1n) is 14.1. The fourth-order valence-corrected chi connectivity index (χ4v) is 5.98. The smallest absolute Gasteiger partial charge is 0.0187 e. The van der Waals surface area contributed by atoms with Gasteiger partial charge in [0, 0.05) is 11.5 Å². The minimum Gasteiger partial charge on any atom is -0.152 e. The van der Waals surface area contributed by atoms with Crippen molar-refractivity contribution >= 4 is 11.8 Å². The molecule has 0 aromatic heterocycles. The maximum Gasteiger partial charge on any atom is 0.0187 e. The highest BCUT2D eigenvalue weighted by Gasteiger charge is 2.01. The van der Waals surface area contributed by atoms with Gasteiger partial charge < -0.3 is 0 Å². The predicted molar refractivity (Wildman–Crippen MR) is 149 cm³/mol. The van der Waals surface area contributed by atoms with Crippen LogP contribution in [0.15, 0.2) is 48.5 Å². The quantitative estimate of drug-likeness (QED) is 0.373. The zero-order valence-electron chi connectivity index (χ0n) is 21.2. The highest BCUT2D eigenvalue weighted by atomic mass is 32.2. The number of hydrogen-bond acceptors (Lipinski definition) is 1. The Balaban J connectivity index is 1.41. The van der Waals surface area contributed by atoms with E-state index >= 15 is 0 Å². The Bertz CT molecular complexity index is 652. The number of benzene rings is 2. The van der Waals surface area contributed by atoms with Crippen molar-refractivity contribution in [2.75, 3.05) is 0 Å². The van der Waals surface area contributed by atoms with Crippen molar-refractivity contribution in [3.8, 4) is 0 Å². The first-order valence-corrected chi connectivity index (χ1v) is 15.3. The van der Waals surface area contributed by atoms with E-state index in [0.29, 0.717) is 0 Å². The fraction of sp³-hybridized carbons (Fsp3) is 0.625. The van der Waals surface area contributed by atoms with Crippen molar-refractivity contribution in [3.05, 3.63) is 70.8 Å². The summed E-state index contributed by atoms with van der Waals surface area (Å²) in [5.74, 6) is 2.23. The summed E-state index contributed by atoms with van der Waals surface area (Å²) in [5.41, 5.74) is 5.96. The summed E-state index contributed by atoms with van der Waals surface area (Å²) in [4.78, 5) is 0. The van der Waals surface area contributed by atoms with Gasteiger partial charge in [-0.3, -0.25) is 0 Å². The molecule has 0 unspecified atom stereocenters. The van der Waals surface area contributed by atoms with E-state index in [4.69, 9.17) is 0 Å². The third kappa shape index (κ3) is 12.2. The summed E-state index contributed by atoms with van der Waals surface area (Å²) in [7, 11) is 0. The van der Waals surface area contributed by atoms with Crippen LogP contribution in [0.1, 0.15) is 125 Å². The molecule has 3 aliphatic rings. The summed E-state index contributed by atoms with van der Waals surface area (Å²) >= 11 is 2.04. The molecule has 0 saturated carbocycles. The van der Waals surface area contributed by atoms with Crippen LogP contribution in [-0.2, 0) is 24.3 Å². The Kier molecular flexibility index (Phi) is 13.8. The van der Waals surface area contributed by atoms with Crippen LogP contribution in [0.4, 0.5) is 0 Å². The minimum absolute atomic E-state index is 1.11. The van der Waals surface area contributed by atoms with Gasteiger partial charge in [0.25, 0.3) is 0 Å². The molecule has 0 N–H and O–H groups in total. The lowest BCUT2D eigenvalue weighted by Gasteiger charge is -2.07. The van der Waals surface area contributed by atoms with Crippen LogP contribution in [0.25, 0.3) is 0 Å². The first-order chi connectivity index (χ1) is 16.4. The van der Waals surface area contributed by atoms with Crippen molar-refractivity contribution in [2.24, 2.45) is 0 Å². The Morgan fingerprint density at radius 2 is 0.545 bits per heavy atom. The molecule has 4 bridgehead atoms. The molecule has 0 saturated heterocycles. The van der Waals surface area contributed by atoms with Crippen molar-refractivity contribution in [1.82, 2.24) is 0 Å². The van der Waals surface area contributed by atoms with Gasteiger partial charge in [-0.1, -0.05) is 138 Å². The molecular formula is C32H48S. The average Bonchev–Trinajstić information content (AvgIpc) is 2.84. The number of hydrogen-bond donors (Lipinski definition) is 0. The molecule has 0 atom stereocenters. The third-order valence-electron chi connectivity index (χ3n) is 7.26. The Hall–Kier alpha value is -1.21. The molecule has 33 heavy (non-hydrogen) atoms. The van der Waals surface area contributed by atoms with Gasteiger partial charge in [-0.25, -0.2) is 0 Å². The molecule has 182 valence electrons. The summed E-state index contributed by atoms with van der Waals surface area (Å²) in [6.45, 7) is 0. The minimum atomic E-state index is 1.11. The van der Waals surface area contributed by atoms with E-state index in [2.05, 4.69) is 48.5 Å². The lowest BCUT2D eigenvalue weighted by molar-refractivity contribution is 0.528. The molecule has 2 aromatic carbocycles. The molecule has 3 aliphatic heterocycles.